The molecule has 1 N–H and O–H groups in total. The molecule has 0 aliphatic carbocycles. The van der Waals surface area contributed by atoms with Crippen LogP contribution >= 0.6 is 0 Å². The first-order valence-corrected chi connectivity index (χ1v) is 5.17. The zero-order chi connectivity index (χ0) is 10.2. The molecule has 2 aliphatic rings. The summed E-state index contributed by atoms with van der Waals surface area (Å²) in [4.78, 5) is 14.1. The number of esters is 1. The monoisotopic (exact) mass is 198 g/mol. The summed E-state index contributed by atoms with van der Waals surface area (Å²) < 4.78 is 4.93. The number of carbonyl (C=O) groups is 1. The van der Waals surface area contributed by atoms with E-state index in [0.717, 1.165) is 32.6 Å². The van der Waals surface area contributed by atoms with Gasteiger partial charge in [-0.1, -0.05) is 0 Å². The van der Waals surface area contributed by atoms with Gasteiger partial charge in [-0.2, -0.15) is 0 Å². The third-order valence-corrected chi connectivity index (χ3v) is 3.68. The van der Waals surface area contributed by atoms with E-state index < -0.39 is 0 Å². The molecule has 0 bridgehead atoms. The van der Waals surface area contributed by atoms with E-state index in [4.69, 9.17) is 4.74 Å². The fraction of sp³-hybridized carbons (Fsp3) is 0.900. The minimum Gasteiger partial charge on any atom is -0.469 e. The van der Waals surface area contributed by atoms with Crippen LogP contribution in [0.3, 0.4) is 0 Å². The van der Waals surface area contributed by atoms with E-state index in [2.05, 4.69) is 17.3 Å². The van der Waals surface area contributed by atoms with Crippen molar-refractivity contribution in [2.75, 3.05) is 40.3 Å². The molecule has 0 amide bonds. The number of likely N-dealkylation sites (tertiary alicyclic amines) is 1. The van der Waals surface area contributed by atoms with Crippen molar-refractivity contribution >= 4 is 5.97 Å². The van der Waals surface area contributed by atoms with Gasteiger partial charge in [-0.3, -0.25) is 4.79 Å². The topological polar surface area (TPSA) is 41.6 Å². The summed E-state index contributed by atoms with van der Waals surface area (Å²) in [5, 5.41) is 3.31. The van der Waals surface area contributed by atoms with E-state index in [-0.39, 0.29) is 11.4 Å². The van der Waals surface area contributed by atoms with Crippen molar-refractivity contribution in [2.24, 2.45) is 11.3 Å². The highest BCUT2D eigenvalue weighted by atomic mass is 16.5. The van der Waals surface area contributed by atoms with Crippen LogP contribution in [0.4, 0.5) is 0 Å². The van der Waals surface area contributed by atoms with E-state index in [0.29, 0.717) is 5.92 Å². The summed E-state index contributed by atoms with van der Waals surface area (Å²) in [7, 11) is 3.60. The molecule has 0 aromatic carbocycles. The summed E-state index contributed by atoms with van der Waals surface area (Å²) in [5.41, 5.74) is -0.235. The number of hydrogen-bond acceptors (Lipinski definition) is 4. The Balaban J connectivity index is 2.19. The smallest absolute Gasteiger partial charge is 0.313 e. The summed E-state index contributed by atoms with van der Waals surface area (Å²) in [6, 6.07) is 0. The first kappa shape index (κ1) is 9.93. The van der Waals surface area contributed by atoms with Crippen molar-refractivity contribution in [3.05, 3.63) is 0 Å². The van der Waals surface area contributed by atoms with Crippen LogP contribution in [-0.4, -0.2) is 51.2 Å². The number of methoxy groups -OCH3 is 1. The lowest BCUT2D eigenvalue weighted by Gasteiger charge is -2.39. The van der Waals surface area contributed by atoms with Crippen LogP contribution in [-0.2, 0) is 9.53 Å². The predicted octanol–water partition coefficient (Wildman–Crippen LogP) is -0.299. The lowest BCUT2D eigenvalue weighted by Crippen LogP contribution is -2.50. The molecule has 0 radical (unpaired) electrons. The zero-order valence-corrected chi connectivity index (χ0v) is 8.88. The van der Waals surface area contributed by atoms with Gasteiger partial charge in [-0.05, 0) is 20.0 Å². The molecule has 2 aliphatic heterocycles. The number of fused-ring (bicyclic) bond motifs is 1. The van der Waals surface area contributed by atoms with Crippen molar-refractivity contribution in [1.82, 2.24) is 10.2 Å². The normalized spacial score (nSPS) is 38.0. The molecule has 0 spiro atoms. The van der Waals surface area contributed by atoms with Crippen molar-refractivity contribution in [2.45, 2.75) is 6.42 Å². The maximum Gasteiger partial charge on any atom is 0.313 e. The van der Waals surface area contributed by atoms with Gasteiger partial charge in [-0.25, -0.2) is 0 Å². The fourth-order valence-corrected chi connectivity index (χ4v) is 2.74. The maximum atomic E-state index is 11.8. The fourth-order valence-electron chi connectivity index (χ4n) is 2.74. The lowest BCUT2D eigenvalue weighted by molar-refractivity contribution is -0.157. The molecule has 0 aromatic heterocycles. The molecule has 0 unspecified atom stereocenters. The highest BCUT2D eigenvalue weighted by Crippen LogP contribution is 2.39. The van der Waals surface area contributed by atoms with Crippen LogP contribution in [0, 0.1) is 11.3 Å². The minimum atomic E-state index is -0.235. The molecule has 2 heterocycles. The molecule has 4 nitrogen and oxygen atoms in total. The number of nitrogens with one attached hydrogen (secondary N) is 1. The molecular weight excluding hydrogens is 180 g/mol. The third kappa shape index (κ3) is 1.33. The first-order valence-electron chi connectivity index (χ1n) is 5.17. The Morgan fingerprint density at radius 1 is 1.64 bits per heavy atom. The third-order valence-electron chi connectivity index (χ3n) is 3.68. The number of hydrogen-bond donors (Lipinski definition) is 1. The predicted molar refractivity (Wildman–Crippen MR) is 52.9 cm³/mol. The molecule has 80 valence electrons. The Bertz CT molecular complexity index is 244. The largest absolute Gasteiger partial charge is 0.469 e. The number of rotatable bonds is 1. The first-order chi connectivity index (χ1) is 6.69. The molecule has 2 rings (SSSR count). The van der Waals surface area contributed by atoms with E-state index in [9.17, 15) is 4.79 Å². The molecule has 14 heavy (non-hydrogen) atoms. The standard InChI is InChI=1S/C10H18N2O2/c1-12-4-3-10(9(13)14-2)7-11-5-8(10)6-12/h8,11H,3-7H2,1-2H3/t8-,10-/m1/s1. The second kappa shape index (κ2) is 3.51. The van der Waals surface area contributed by atoms with Crippen LogP contribution in [0.2, 0.25) is 0 Å². The van der Waals surface area contributed by atoms with Crippen LogP contribution in [0.1, 0.15) is 6.42 Å². The Labute approximate surface area is 84.6 Å². The Morgan fingerprint density at radius 3 is 3.14 bits per heavy atom. The highest BCUT2D eigenvalue weighted by molar-refractivity contribution is 5.78. The molecule has 2 atom stereocenters. The molecule has 2 fully saturated rings. The van der Waals surface area contributed by atoms with Crippen LogP contribution in [0.25, 0.3) is 0 Å². The van der Waals surface area contributed by atoms with Gasteiger partial charge in [0.1, 0.15) is 0 Å². The number of ether oxygens (including phenoxy) is 1. The van der Waals surface area contributed by atoms with Crippen LogP contribution < -0.4 is 5.32 Å². The number of carbonyl (C=O) groups excluding carboxylic acids is 1. The van der Waals surface area contributed by atoms with Gasteiger partial charge in [0.05, 0.1) is 12.5 Å². The molecular formula is C10H18N2O2. The van der Waals surface area contributed by atoms with E-state index >= 15 is 0 Å². The van der Waals surface area contributed by atoms with E-state index in [1.54, 1.807) is 0 Å². The van der Waals surface area contributed by atoms with Crippen LogP contribution in [0.15, 0.2) is 0 Å². The Morgan fingerprint density at radius 2 is 2.43 bits per heavy atom. The number of piperidine rings is 1. The Hall–Kier alpha value is -0.610. The molecule has 4 heteroatoms. The Kier molecular flexibility index (Phi) is 2.49. The van der Waals surface area contributed by atoms with Gasteiger partial charge in [0.25, 0.3) is 0 Å². The van der Waals surface area contributed by atoms with Crippen molar-refractivity contribution in [3.8, 4) is 0 Å². The van der Waals surface area contributed by atoms with Crippen LogP contribution in [0.5, 0.6) is 0 Å². The summed E-state index contributed by atoms with van der Waals surface area (Å²) >= 11 is 0. The van der Waals surface area contributed by atoms with Gasteiger partial charge in [0, 0.05) is 25.6 Å². The number of nitrogens with zero attached hydrogens (tertiary/aromatic N) is 1. The second-order valence-electron chi connectivity index (χ2n) is 4.49. The van der Waals surface area contributed by atoms with Crippen molar-refractivity contribution < 1.29 is 9.53 Å². The molecule has 2 saturated heterocycles. The van der Waals surface area contributed by atoms with Gasteiger partial charge in [0.2, 0.25) is 0 Å². The quantitative estimate of drug-likeness (QED) is 0.587. The second-order valence-corrected chi connectivity index (χ2v) is 4.49. The molecule has 0 saturated carbocycles. The molecule has 0 aromatic rings. The summed E-state index contributed by atoms with van der Waals surface area (Å²) in [5.74, 6) is 0.398. The van der Waals surface area contributed by atoms with Crippen molar-refractivity contribution in [1.29, 1.82) is 0 Å². The van der Waals surface area contributed by atoms with E-state index in [1.165, 1.54) is 7.11 Å². The van der Waals surface area contributed by atoms with Gasteiger partial charge >= 0.3 is 5.97 Å². The minimum absolute atomic E-state index is 0.0272. The summed E-state index contributed by atoms with van der Waals surface area (Å²) in [6.07, 6.45) is 0.924. The maximum absolute atomic E-state index is 11.8. The van der Waals surface area contributed by atoms with Gasteiger partial charge < -0.3 is 15.0 Å². The SMILES string of the molecule is COC(=O)[C@@]12CCN(C)C[C@H]1CNC2. The van der Waals surface area contributed by atoms with Crippen molar-refractivity contribution in [3.63, 3.8) is 0 Å². The highest BCUT2D eigenvalue weighted by Gasteiger charge is 2.51. The van der Waals surface area contributed by atoms with Gasteiger partial charge in [-0.15, -0.1) is 0 Å². The average Bonchev–Trinajstić information content (AvgIpc) is 2.60. The van der Waals surface area contributed by atoms with Gasteiger partial charge in [0.15, 0.2) is 0 Å². The van der Waals surface area contributed by atoms with E-state index in [1.807, 2.05) is 0 Å². The lowest BCUT2D eigenvalue weighted by atomic mass is 9.72. The average molecular weight is 198 g/mol. The zero-order valence-electron chi connectivity index (χ0n) is 8.88. The summed E-state index contributed by atoms with van der Waals surface area (Å²) in [6.45, 7) is 3.73.